The van der Waals surface area contributed by atoms with E-state index in [0.29, 0.717) is 0 Å². The van der Waals surface area contributed by atoms with Crippen LogP contribution in [-0.2, 0) is 0 Å². The second-order valence-corrected chi connectivity index (χ2v) is 3.72. The van der Waals surface area contributed by atoms with Crippen molar-refractivity contribution in [2.24, 2.45) is 0 Å². The lowest BCUT2D eigenvalue weighted by Crippen LogP contribution is -2.22. The topological polar surface area (TPSA) is 15.3 Å². The average molecular weight is 168 g/mol. The molecule has 0 amide bonds. The van der Waals surface area contributed by atoms with E-state index in [9.17, 15) is 0 Å². The first-order valence-electron chi connectivity index (χ1n) is 4.86. The largest absolute Gasteiger partial charge is 0.375 e. The molecule has 12 heavy (non-hydrogen) atoms. The van der Waals surface area contributed by atoms with Crippen molar-refractivity contribution in [1.29, 1.82) is 0 Å². The number of hydrogen-bond donors (Lipinski definition) is 1. The van der Waals surface area contributed by atoms with Crippen molar-refractivity contribution in [3.63, 3.8) is 0 Å². The lowest BCUT2D eigenvalue weighted by atomic mass is 10.2. The molecule has 1 saturated heterocycles. The molecule has 1 N–H and O–H groups in total. The van der Waals surface area contributed by atoms with Crippen LogP contribution in [0.4, 0.5) is 0 Å². The Hall–Kier alpha value is -0.500. The summed E-state index contributed by atoms with van der Waals surface area (Å²) in [5.74, 6) is 0. The highest BCUT2D eigenvalue weighted by Crippen LogP contribution is 2.09. The molecule has 0 bridgehead atoms. The zero-order valence-corrected chi connectivity index (χ0v) is 8.48. The van der Waals surface area contributed by atoms with Gasteiger partial charge in [0.15, 0.2) is 0 Å². The van der Waals surface area contributed by atoms with Crippen LogP contribution < -0.4 is 5.32 Å². The monoisotopic (exact) mass is 168 g/mol. The minimum atomic E-state index is 1.04. The molecule has 2 heteroatoms. The predicted octanol–water partition coefficient (Wildman–Crippen LogP) is 1.94. The minimum Gasteiger partial charge on any atom is -0.375 e. The zero-order valence-electron chi connectivity index (χ0n) is 8.48. The fraction of sp³-hybridized carbons (Fsp3) is 0.800. The van der Waals surface area contributed by atoms with Gasteiger partial charge in [0.25, 0.3) is 0 Å². The van der Waals surface area contributed by atoms with Gasteiger partial charge in [-0.2, -0.15) is 0 Å². The van der Waals surface area contributed by atoms with Crippen LogP contribution in [0.15, 0.2) is 11.3 Å². The Bertz CT molecular complexity index is 169. The quantitative estimate of drug-likeness (QED) is 0.693. The predicted molar refractivity (Wildman–Crippen MR) is 52.9 cm³/mol. The van der Waals surface area contributed by atoms with Crippen LogP contribution in [0.5, 0.6) is 0 Å². The molecular weight excluding hydrogens is 148 g/mol. The molecule has 0 saturated carbocycles. The van der Waals surface area contributed by atoms with Gasteiger partial charge in [-0.25, -0.2) is 0 Å². The number of nitrogens with one attached hydrogen (secondary N) is 1. The van der Waals surface area contributed by atoms with E-state index in [4.69, 9.17) is 0 Å². The highest BCUT2D eigenvalue weighted by atomic mass is 15.3. The van der Waals surface area contributed by atoms with Crippen LogP contribution in [0, 0.1) is 0 Å². The van der Waals surface area contributed by atoms with E-state index in [-0.39, 0.29) is 0 Å². The summed E-state index contributed by atoms with van der Waals surface area (Å²) in [5.41, 5.74) is 2.85. The summed E-state index contributed by atoms with van der Waals surface area (Å²) in [6.45, 7) is 9.99. The summed E-state index contributed by atoms with van der Waals surface area (Å²) < 4.78 is 0. The Kier molecular flexibility index (Phi) is 3.60. The third-order valence-corrected chi connectivity index (χ3v) is 2.33. The van der Waals surface area contributed by atoms with Crippen LogP contribution in [0.25, 0.3) is 0 Å². The number of allylic oxidation sites excluding steroid dienone is 1. The van der Waals surface area contributed by atoms with E-state index in [1.807, 2.05) is 0 Å². The SMILES string of the molecule is CCCCN1CNC(=C(C)C)C1. The van der Waals surface area contributed by atoms with Gasteiger partial charge in [0, 0.05) is 18.8 Å². The molecule has 0 aromatic heterocycles. The maximum atomic E-state index is 3.42. The van der Waals surface area contributed by atoms with E-state index in [2.05, 4.69) is 31.0 Å². The van der Waals surface area contributed by atoms with Crippen molar-refractivity contribution >= 4 is 0 Å². The molecule has 70 valence electrons. The number of hydrogen-bond acceptors (Lipinski definition) is 2. The van der Waals surface area contributed by atoms with Crippen molar-refractivity contribution in [2.75, 3.05) is 19.8 Å². The zero-order chi connectivity index (χ0) is 8.97. The van der Waals surface area contributed by atoms with Crippen LogP contribution in [-0.4, -0.2) is 24.7 Å². The van der Waals surface area contributed by atoms with Gasteiger partial charge in [0.05, 0.1) is 6.67 Å². The molecule has 0 aromatic rings. The van der Waals surface area contributed by atoms with Gasteiger partial charge in [-0.05, 0) is 20.3 Å². The van der Waals surface area contributed by atoms with Gasteiger partial charge in [-0.15, -0.1) is 0 Å². The number of unbranched alkanes of at least 4 members (excludes halogenated alkanes) is 1. The summed E-state index contributed by atoms with van der Waals surface area (Å²) >= 11 is 0. The fourth-order valence-corrected chi connectivity index (χ4v) is 1.42. The highest BCUT2D eigenvalue weighted by molar-refractivity contribution is 5.12. The lowest BCUT2D eigenvalue weighted by molar-refractivity contribution is 0.330. The maximum Gasteiger partial charge on any atom is 0.0679 e. The van der Waals surface area contributed by atoms with Gasteiger partial charge >= 0.3 is 0 Å². The smallest absolute Gasteiger partial charge is 0.0679 e. The Morgan fingerprint density at radius 2 is 2.25 bits per heavy atom. The number of rotatable bonds is 3. The second kappa shape index (κ2) is 4.51. The first kappa shape index (κ1) is 9.59. The number of nitrogens with zero attached hydrogens (tertiary/aromatic N) is 1. The lowest BCUT2D eigenvalue weighted by Gasteiger charge is -2.11. The van der Waals surface area contributed by atoms with Crippen molar-refractivity contribution in [1.82, 2.24) is 10.2 Å². The van der Waals surface area contributed by atoms with E-state index in [1.165, 1.54) is 30.7 Å². The first-order valence-corrected chi connectivity index (χ1v) is 4.86. The molecule has 0 unspecified atom stereocenters. The normalized spacial score (nSPS) is 18.1. The molecule has 2 nitrogen and oxygen atoms in total. The molecular formula is C10H20N2. The van der Waals surface area contributed by atoms with Crippen LogP contribution in [0.2, 0.25) is 0 Å². The Morgan fingerprint density at radius 1 is 1.50 bits per heavy atom. The van der Waals surface area contributed by atoms with Crippen molar-refractivity contribution in [3.05, 3.63) is 11.3 Å². The Balaban J connectivity index is 2.31. The van der Waals surface area contributed by atoms with Crippen LogP contribution >= 0.6 is 0 Å². The van der Waals surface area contributed by atoms with Gasteiger partial charge < -0.3 is 5.32 Å². The van der Waals surface area contributed by atoms with E-state index in [0.717, 1.165) is 13.2 Å². The summed E-state index contributed by atoms with van der Waals surface area (Å²) in [4.78, 5) is 2.46. The van der Waals surface area contributed by atoms with Gasteiger partial charge in [0.2, 0.25) is 0 Å². The molecule has 0 aliphatic carbocycles. The summed E-state index contributed by atoms with van der Waals surface area (Å²) in [6, 6.07) is 0. The van der Waals surface area contributed by atoms with Gasteiger partial charge in [-0.1, -0.05) is 18.9 Å². The first-order chi connectivity index (χ1) is 5.74. The molecule has 1 rings (SSSR count). The molecule has 0 radical (unpaired) electrons. The maximum absolute atomic E-state index is 3.42. The van der Waals surface area contributed by atoms with Gasteiger partial charge in [0.1, 0.15) is 0 Å². The van der Waals surface area contributed by atoms with Crippen molar-refractivity contribution in [2.45, 2.75) is 33.6 Å². The minimum absolute atomic E-state index is 1.04. The Morgan fingerprint density at radius 3 is 2.75 bits per heavy atom. The van der Waals surface area contributed by atoms with E-state index >= 15 is 0 Å². The molecule has 1 heterocycles. The average Bonchev–Trinajstić information content (AvgIpc) is 2.48. The van der Waals surface area contributed by atoms with Gasteiger partial charge in [-0.3, -0.25) is 4.90 Å². The van der Waals surface area contributed by atoms with Crippen molar-refractivity contribution < 1.29 is 0 Å². The molecule has 1 fully saturated rings. The molecule has 1 aliphatic heterocycles. The molecule has 0 atom stereocenters. The fourth-order valence-electron chi connectivity index (χ4n) is 1.42. The molecule has 0 aromatic carbocycles. The molecule has 0 spiro atoms. The van der Waals surface area contributed by atoms with Crippen molar-refractivity contribution in [3.8, 4) is 0 Å². The second-order valence-electron chi connectivity index (χ2n) is 3.72. The highest BCUT2D eigenvalue weighted by Gasteiger charge is 2.14. The summed E-state index contributed by atoms with van der Waals surface area (Å²) in [6.07, 6.45) is 2.61. The third kappa shape index (κ3) is 2.52. The summed E-state index contributed by atoms with van der Waals surface area (Å²) in [7, 11) is 0. The summed E-state index contributed by atoms with van der Waals surface area (Å²) in [5, 5.41) is 3.42. The Labute approximate surface area is 75.6 Å². The standard InChI is InChI=1S/C10H20N2/c1-4-5-6-12-7-10(9(2)3)11-8-12/h11H,4-8H2,1-3H3. The molecule has 1 aliphatic rings. The van der Waals surface area contributed by atoms with E-state index < -0.39 is 0 Å². The van der Waals surface area contributed by atoms with Crippen LogP contribution in [0.3, 0.4) is 0 Å². The third-order valence-electron chi connectivity index (χ3n) is 2.33. The van der Waals surface area contributed by atoms with E-state index in [1.54, 1.807) is 0 Å². The van der Waals surface area contributed by atoms with Crippen LogP contribution in [0.1, 0.15) is 33.6 Å².